The fourth-order valence-electron chi connectivity index (χ4n) is 9.58. The zero-order chi connectivity index (χ0) is 38.5. The van der Waals surface area contributed by atoms with Crippen LogP contribution in [0.2, 0.25) is 0 Å². The van der Waals surface area contributed by atoms with Crippen LogP contribution in [0.4, 0.5) is 8.78 Å². The summed E-state index contributed by atoms with van der Waals surface area (Å²) < 4.78 is 32.9. The van der Waals surface area contributed by atoms with Crippen molar-refractivity contribution in [2.75, 3.05) is 0 Å². The Morgan fingerprint density at radius 1 is 0.414 bits per heavy atom. The molecule has 3 aromatic heterocycles. The summed E-state index contributed by atoms with van der Waals surface area (Å²) >= 11 is 0. The highest BCUT2D eigenvalue weighted by molar-refractivity contribution is 5.98. The van der Waals surface area contributed by atoms with Gasteiger partial charge in [0, 0.05) is 33.8 Å². The number of hydrogen-bond acceptors (Lipinski definition) is 3. The number of para-hydroxylation sites is 1. The van der Waals surface area contributed by atoms with Crippen LogP contribution in [-0.2, 0) is 5.41 Å². The Kier molecular flexibility index (Phi) is 6.88. The number of imidazole rings is 1. The monoisotopic (exact) mass is 748 g/mol. The molecule has 0 radical (unpaired) electrons. The number of aromatic nitrogens is 4. The topological polar surface area (TPSA) is 43.1 Å². The molecule has 6 heteroatoms. The molecule has 3 heterocycles. The van der Waals surface area contributed by atoms with E-state index in [9.17, 15) is 0 Å². The minimum Gasteiger partial charge on any atom is -0.299 e. The third-order valence-electron chi connectivity index (χ3n) is 12.0. The second-order valence-electron chi connectivity index (χ2n) is 15.0. The van der Waals surface area contributed by atoms with Gasteiger partial charge in [-0.15, -0.1) is 0 Å². The van der Waals surface area contributed by atoms with E-state index in [2.05, 4.69) is 65.1 Å². The SMILES string of the molecule is Fc1ccc2c(c1)C1(c3ccccc3-c3ccc(-c4nc(-c5cccc(-c6nc7ccccn7c6-c6ccccc6)c5)nc5ccccc45)cc31)c1cc(F)ccc1-2. The number of hydrogen-bond donors (Lipinski definition) is 0. The normalized spacial score (nSPS) is 13.1. The van der Waals surface area contributed by atoms with Gasteiger partial charge in [-0.05, 0) is 99.1 Å². The number of halogens is 2. The van der Waals surface area contributed by atoms with E-state index in [1.54, 1.807) is 12.1 Å². The molecule has 0 unspecified atom stereocenters. The lowest BCUT2D eigenvalue weighted by molar-refractivity contribution is 0.618. The number of rotatable bonds is 4. The molecule has 58 heavy (non-hydrogen) atoms. The number of pyridine rings is 1. The third kappa shape index (κ3) is 4.57. The van der Waals surface area contributed by atoms with Gasteiger partial charge in [-0.3, -0.25) is 4.40 Å². The van der Waals surface area contributed by atoms with Crippen LogP contribution in [-0.4, -0.2) is 19.4 Å². The average molecular weight is 749 g/mol. The summed E-state index contributed by atoms with van der Waals surface area (Å²) in [5, 5.41) is 0.906. The Balaban J connectivity index is 1.07. The van der Waals surface area contributed by atoms with Crippen molar-refractivity contribution < 1.29 is 8.78 Å². The summed E-state index contributed by atoms with van der Waals surface area (Å²) in [4.78, 5) is 15.6. The van der Waals surface area contributed by atoms with Crippen molar-refractivity contribution >= 4 is 16.6 Å². The Labute approximate surface area is 332 Å². The van der Waals surface area contributed by atoms with Gasteiger partial charge in [-0.2, -0.15) is 0 Å². The first-order chi connectivity index (χ1) is 28.6. The van der Waals surface area contributed by atoms with E-state index in [1.165, 1.54) is 12.1 Å². The van der Waals surface area contributed by atoms with Crippen molar-refractivity contribution in [2.24, 2.45) is 0 Å². The fourth-order valence-corrected chi connectivity index (χ4v) is 9.58. The fraction of sp³-hybridized carbons (Fsp3) is 0.0192. The van der Waals surface area contributed by atoms with Crippen LogP contribution in [0.25, 0.3) is 84.0 Å². The van der Waals surface area contributed by atoms with Crippen LogP contribution in [0.5, 0.6) is 0 Å². The summed E-state index contributed by atoms with van der Waals surface area (Å²) in [6.07, 6.45) is 2.05. The van der Waals surface area contributed by atoms with Gasteiger partial charge in [-0.1, -0.05) is 121 Å². The summed E-state index contributed by atoms with van der Waals surface area (Å²) in [7, 11) is 0. The van der Waals surface area contributed by atoms with Crippen molar-refractivity contribution in [1.29, 1.82) is 0 Å². The quantitative estimate of drug-likeness (QED) is 0.180. The molecule has 0 amide bonds. The lowest BCUT2D eigenvalue weighted by Crippen LogP contribution is -2.26. The Morgan fingerprint density at radius 2 is 1.03 bits per heavy atom. The van der Waals surface area contributed by atoms with Crippen LogP contribution in [0.1, 0.15) is 22.3 Å². The van der Waals surface area contributed by atoms with Gasteiger partial charge in [0.1, 0.15) is 17.3 Å². The highest BCUT2D eigenvalue weighted by Crippen LogP contribution is 2.63. The van der Waals surface area contributed by atoms with Gasteiger partial charge in [0.2, 0.25) is 0 Å². The molecule has 0 saturated heterocycles. The minimum atomic E-state index is -0.929. The van der Waals surface area contributed by atoms with E-state index < -0.39 is 5.41 Å². The first-order valence-electron chi connectivity index (χ1n) is 19.3. The van der Waals surface area contributed by atoms with Crippen LogP contribution >= 0.6 is 0 Å². The molecule has 7 aromatic carbocycles. The predicted octanol–water partition coefficient (Wildman–Crippen LogP) is 12.6. The second kappa shape index (κ2) is 12.2. The van der Waals surface area contributed by atoms with Gasteiger partial charge in [-0.25, -0.2) is 23.7 Å². The molecular formula is C52H30F2N4. The minimum absolute atomic E-state index is 0.332. The maximum atomic E-state index is 15.4. The molecule has 1 spiro atoms. The van der Waals surface area contributed by atoms with E-state index in [1.807, 2.05) is 97.2 Å². The van der Waals surface area contributed by atoms with E-state index in [0.717, 1.165) is 100 Å². The summed E-state index contributed by atoms with van der Waals surface area (Å²) in [6.45, 7) is 0. The van der Waals surface area contributed by atoms with E-state index >= 15 is 8.78 Å². The van der Waals surface area contributed by atoms with E-state index in [0.29, 0.717) is 5.82 Å². The first-order valence-corrected chi connectivity index (χ1v) is 19.3. The maximum absolute atomic E-state index is 15.4. The Hall–Kier alpha value is -7.57. The molecule has 0 fully saturated rings. The van der Waals surface area contributed by atoms with Crippen molar-refractivity contribution in [3.63, 3.8) is 0 Å². The molecule has 2 aliphatic carbocycles. The number of benzene rings is 7. The molecule has 0 aliphatic heterocycles. The zero-order valence-corrected chi connectivity index (χ0v) is 30.9. The molecule has 2 aliphatic rings. The largest absolute Gasteiger partial charge is 0.299 e. The van der Waals surface area contributed by atoms with Gasteiger partial charge in [0.25, 0.3) is 0 Å². The molecule has 10 aromatic rings. The second-order valence-corrected chi connectivity index (χ2v) is 15.0. The highest BCUT2D eigenvalue weighted by Gasteiger charge is 2.52. The van der Waals surface area contributed by atoms with E-state index in [4.69, 9.17) is 15.0 Å². The molecule has 0 N–H and O–H groups in total. The van der Waals surface area contributed by atoms with Crippen molar-refractivity contribution in [3.05, 3.63) is 216 Å². The standard InChI is InChI=1S/C52H30F2N4/c53-35-21-24-39-40-25-22-36(54)30-45(40)52(44(39)29-35)42-17-6-4-15-37(42)38-23-20-33(28-43(38)52)48-41-16-5-7-18-46(41)55-51(57-48)34-14-10-13-32(27-34)49-50(31-11-2-1-3-12-31)58-26-9-8-19-47(58)56-49/h1-30H. The zero-order valence-electron chi connectivity index (χ0n) is 30.9. The Bertz CT molecular complexity index is 3280. The van der Waals surface area contributed by atoms with Crippen LogP contribution in [0, 0.1) is 11.6 Å². The predicted molar refractivity (Wildman–Crippen MR) is 226 cm³/mol. The average Bonchev–Trinajstić information content (AvgIpc) is 3.90. The summed E-state index contributed by atoms with van der Waals surface area (Å²) in [6, 6.07) is 57.3. The lowest BCUT2D eigenvalue weighted by Gasteiger charge is -2.30. The molecule has 4 nitrogen and oxygen atoms in total. The highest BCUT2D eigenvalue weighted by atomic mass is 19.1. The van der Waals surface area contributed by atoms with E-state index in [-0.39, 0.29) is 11.6 Å². The van der Waals surface area contributed by atoms with Gasteiger partial charge >= 0.3 is 0 Å². The summed E-state index contributed by atoms with van der Waals surface area (Å²) in [5.41, 5.74) is 14.6. The maximum Gasteiger partial charge on any atom is 0.160 e. The lowest BCUT2D eigenvalue weighted by atomic mass is 9.70. The molecule has 0 atom stereocenters. The van der Waals surface area contributed by atoms with Gasteiger partial charge in [0.15, 0.2) is 5.82 Å². The number of nitrogens with zero attached hydrogens (tertiary/aromatic N) is 4. The smallest absolute Gasteiger partial charge is 0.160 e. The third-order valence-corrected chi connectivity index (χ3v) is 12.0. The van der Waals surface area contributed by atoms with Crippen molar-refractivity contribution in [3.8, 4) is 67.4 Å². The number of fused-ring (bicyclic) bond motifs is 12. The van der Waals surface area contributed by atoms with Gasteiger partial charge < -0.3 is 0 Å². The Morgan fingerprint density at radius 3 is 1.84 bits per heavy atom. The van der Waals surface area contributed by atoms with Crippen LogP contribution in [0.3, 0.4) is 0 Å². The molecule has 12 rings (SSSR count). The van der Waals surface area contributed by atoms with Crippen molar-refractivity contribution in [2.45, 2.75) is 5.41 Å². The molecule has 272 valence electrons. The summed E-state index contributed by atoms with van der Waals surface area (Å²) in [5.74, 6) is -0.0804. The molecule has 0 bridgehead atoms. The molecule has 0 saturated carbocycles. The van der Waals surface area contributed by atoms with Crippen LogP contribution in [0.15, 0.2) is 182 Å². The molecular weight excluding hydrogens is 719 g/mol. The van der Waals surface area contributed by atoms with Crippen molar-refractivity contribution in [1.82, 2.24) is 19.4 Å². The van der Waals surface area contributed by atoms with Gasteiger partial charge in [0.05, 0.1) is 28.0 Å². The van der Waals surface area contributed by atoms with Crippen LogP contribution < -0.4 is 0 Å². The first kappa shape index (κ1) is 32.7.